The minimum Gasteiger partial charge on any atom is -0.307 e. The summed E-state index contributed by atoms with van der Waals surface area (Å²) in [4.78, 5) is 17.8. The molecule has 23 aromatic rings. The van der Waals surface area contributed by atoms with Gasteiger partial charge in [0.05, 0.1) is 117 Å². The van der Waals surface area contributed by atoms with Crippen molar-refractivity contribution < 1.29 is 0 Å². The Bertz CT molecular complexity index is 7310. The van der Waals surface area contributed by atoms with E-state index < -0.39 is 0 Å². The number of rotatable bonds is 10. The van der Waals surface area contributed by atoms with Crippen molar-refractivity contribution in [3.63, 3.8) is 0 Å². The lowest BCUT2D eigenvalue weighted by Crippen LogP contribution is -2.04. The third-order valence-corrected chi connectivity index (χ3v) is 22.3. The van der Waals surface area contributed by atoms with E-state index in [2.05, 4.69) is 397 Å². The standard InChI is InChI=1S/C99H61N9/c1-6-28-62(29-7-1)82-56-67(106-91-47-25-19-41-73(91)79-53-50-76-70-38-16-22-44-88(70)103(94(76)97(79)106)64-32-10-3-11-33-64)58-84(100-82)86-60-69(108-93-49-27-21-43-75(93)81-55-52-78-72-40-18-24-46-90(72)105(96(78)99(81)108)66-36-14-5-15-37-66)61-87(102-86)85-59-68(57-83(101-85)63-30-8-2-9-31-63)107-92-48-26-20-42-74(92)80-54-51-77-71-39-17-23-45-89(71)104(95(77)98(80)107)65-34-12-4-13-35-65/h1-61H. The van der Waals surface area contributed by atoms with Crippen LogP contribution in [0.4, 0.5) is 0 Å². The Morgan fingerprint density at radius 2 is 0.315 bits per heavy atom. The van der Waals surface area contributed by atoms with Crippen LogP contribution in [0, 0.1) is 0 Å². The number of para-hydroxylation sites is 9. The number of fused-ring (bicyclic) bond motifs is 21. The number of benzene rings is 14. The van der Waals surface area contributed by atoms with E-state index in [0.29, 0.717) is 22.8 Å². The number of hydrogen-bond donors (Lipinski definition) is 0. The summed E-state index contributed by atoms with van der Waals surface area (Å²) in [6, 6.07) is 134. The van der Waals surface area contributed by atoms with Gasteiger partial charge in [0.15, 0.2) is 0 Å². The van der Waals surface area contributed by atoms with Crippen LogP contribution in [0.3, 0.4) is 0 Å². The topological polar surface area (TPSA) is 68.2 Å². The summed E-state index contributed by atoms with van der Waals surface area (Å²) in [6.07, 6.45) is 0. The molecule has 0 spiro atoms. The molecule has 0 aliphatic carbocycles. The van der Waals surface area contributed by atoms with E-state index in [1.54, 1.807) is 0 Å². The van der Waals surface area contributed by atoms with Gasteiger partial charge in [0.25, 0.3) is 0 Å². The molecule has 0 atom stereocenters. The largest absolute Gasteiger partial charge is 0.307 e. The maximum Gasteiger partial charge on any atom is 0.0916 e. The van der Waals surface area contributed by atoms with E-state index in [4.69, 9.17) is 15.0 Å². The molecule has 108 heavy (non-hydrogen) atoms. The minimum absolute atomic E-state index is 0.673. The molecule has 502 valence electrons. The molecule has 14 aromatic carbocycles. The van der Waals surface area contributed by atoms with Gasteiger partial charge in [0, 0.05) is 92.8 Å². The smallest absolute Gasteiger partial charge is 0.0916 e. The van der Waals surface area contributed by atoms with Crippen molar-refractivity contribution in [1.29, 1.82) is 0 Å². The molecular formula is C99H61N9. The van der Waals surface area contributed by atoms with Gasteiger partial charge >= 0.3 is 0 Å². The van der Waals surface area contributed by atoms with E-state index in [-0.39, 0.29) is 0 Å². The van der Waals surface area contributed by atoms with Crippen molar-refractivity contribution in [2.24, 2.45) is 0 Å². The second-order valence-corrected chi connectivity index (χ2v) is 28.2. The quantitative estimate of drug-likeness (QED) is 0.137. The first-order chi connectivity index (χ1) is 53.6. The predicted molar refractivity (Wildman–Crippen MR) is 448 cm³/mol. The molecular weight excluding hydrogens is 1320 g/mol. The van der Waals surface area contributed by atoms with Crippen molar-refractivity contribution in [1.82, 2.24) is 42.4 Å². The van der Waals surface area contributed by atoms with Gasteiger partial charge < -0.3 is 27.4 Å². The number of nitrogens with zero attached hydrogens (tertiary/aromatic N) is 9. The van der Waals surface area contributed by atoms with Crippen LogP contribution >= 0.6 is 0 Å². The van der Waals surface area contributed by atoms with Crippen molar-refractivity contribution in [2.75, 3.05) is 0 Å². The fourth-order valence-electron chi connectivity index (χ4n) is 17.8. The van der Waals surface area contributed by atoms with E-state index in [1.807, 2.05) is 0 Å². The lowest BCUT2D eigenvalue weighted by Gasteiger charge is -2.18. The van der Waals surface area contributed by atoms with Crippen molar-refractivity contribution in [3.8, 4) is 79.4 Å². The van der Waals surface area contributed by atoms with Gasteiger partial charge in [0.2, 0.25) is 0 Å². The molecule has 0 radical (unpaired) electrons. The maximum atomic E-state index is 6.06. The summed E-state index contributed by atoms with van der Waals surface area (Å²) in [5, 5.41) is 13.9. The lowest BCUT2D eigenvalue weighted by molar-refractivity contribution is 1.11. The van der Waals surface area contributed by atoms with E-state index in [1.165, 1.54) is 26.9 Å². The van der Waals surface area contributed by atoms with Gasteiger partial charge in [-0.15, -0.1) is 0 Å². The zero-order chi connectivity index (χ0) is 70.7. The summed E-state index contributed by atoms with van der Waals surface area (Å²) in [7, 11) is 0. The third-order valence-electron chi connectivity index (χ3n) is 22.3. The highest BCUT2D eigenvalue weighted by molar-refractivity contribution is 6.27. The van der Waals surface area contributed by atoms with Crippen molar-refractivity contribution in [3.05, 3.63) is 370 Å². The van der Waals surface area contributed by atoms with Crippen LogP contribution in [-0.4, -0.2) is 42.4 Å². The molecule has 9 nitrogen and oxygen atoms in total. The average Bonchev–Trinajstić information content (AvgIpc) is 1.56. The molecule has 0 N–H and O–H groups in total. The Balaban J connectivity index is 0.862. The third kappa shape index (κ3) is 8.84. The molecule has 0 bridgehead atoms. The first-order valence-electron chi connectivity index (χ1n) is 36.8. The lowest BCUT2D eigenvalue weighted by atomic mass is 10.1. The molecule has 0 fully saturated rings. The van der Waals surface area contributed by atoms with Crippen LogP contribution < -0.4 is 0 Å². The van der Waals surface area contributed by atoms with Gasteiger partial charge in [-0.25, -0.2) is 15.0 Å². The molecule has 23 rings (SSSR count). The Hall–Kier alpha value is -14.7. The van der Waals surface area contributed by atoms with Gasteiger partial charge in [0.1, 0.15) is 0 Å². The molecule has 0 unspecified atom stereocenters. The van der Waals surface area contributed by atoms with Crippen LogP contribution in [0.5, 0.6) is 0 Å². The van der Waals surface area contributed by atoms with Crippen LogP contribution in [0.1, 0.15) is 0 Å². The van der Waals surface area contributed by atoms with Crippen molar-refractivity contribution >= 4 is 131 Å². The highest BCUT2D eigenvalue weighted by atomic mass is 15.1. The van der Waals surface area contributed by atoms with Crippen molar-refractivity contribution in [2.45, 2.75) is 0 Å². The molecule has 0 saturated carbocycles. The average molecular weight is 1380 g/mol. The van der Waals surface area contributed by atoms with Gasteiger partial charge in [-0.3, -0.25) is 0 Å². The molecule has 0 saturated heterocycles. The summed E-state index contributed by atoms with van der Waals surface area (Å²) >= 11 is 0. The summed E-state index contributed by atoms with van der Waals surface area (Å²) < 4.78 is 14.8. The number of aromatic nitrogens is 9. The van der Waals surface area contributed by atoms with Crippen LogP contribution in [0.2, 0.25) is 0 Å². The summed E-state index contributed by atoms with van der Waals surface area (Å²) in [5.41, 5.74) is 25.5. The minimum atomic E-state index is 0.673. The van der Waals surface area contributed by atoms with Gasteiger partial charge in [-0.1, -0.05) is 261 Å². The zero-order valence-corrected chi connectivity index (χ0v) is 58.2. The van der Waals surface area contributed by atoms with E-state index in [9.17, 15) is 0 Å². The Kier molecular flexibility index (Phi) is 13.0. The fraction of sp³-hybridized carbons (Fsp3) is 0. The zero-order valence-electron chi connectivity index (χ0n) is 58.2. The number of hydrogen-bond acceptors (Lipinski definition) is 3. The van der Waals surface area contributed by atoms with Crippen LogP contribution in [-0.2, 0) is 0 Å². The first kappa shape index (κ1) is 59.8. The molecule has 0 amide bonds. The first-order valence-corrected chi connectivity index (χ1v) is 36.8. The fourth-order valence-corrected chi connectivity index (χ4v) is 17.8. The SMILES string of the molecule is c1ccc(-c2cc(-n3c4ccccc4c4ccc5c6ccccc6n(-c6ccccc6)c5c43)cc(-c3cc(-n4c5ccccc5c5ccc6c7ccccc7n(-c7ccccc7)c6c54)cc(-c4cc(-n5c6ccccc6c6ccc7c8ccccc8n(-c8ccccc8)c7c65)cc(-c5ccccc5)n4)n3)n2)cc1. The Morgan fingerprint density at radius 3 is 0.546 bits per heavy atom. The molecule has 9 aromatic heterocycles. The second-order valence-electron chi connectivity index (χ2n) is 28.2. The number of pyridine rings is 3. The second kappa shape index (κ2) is 23.4. The molecule has 9 heteroatoms. The van der Waals surface area contributed by atoms with E-state index in [0.717, 1.165) is 161 Å². The highest BCUT2D eigenvalue weighted by Crippen LogP contribution is 2.48. The molecule has 0 aliphatic heterocycles. The van der Waals surface area contributed by atoms with Crippen LogP contribution in [0.25, 0.3) is 210 Å². The van der Waals surface area contributed by atoms with Gasteiger partial charge in [-0.05, 0) is 109 Å². The normalized spacial score (nSPS) is 12.1. The molecule has 9 heterocycles. The maximum absolute atomic E-state index is 6.06. The highest BCUT2D eigenvalue weighted by Gasteiger charge is 2.28. The molecule has 0 aliphatic rings. The summed E-state index contributed by atoms with van der Waals surface area (Å²) in [6.45, 7) is 0. The monoisotopic (exact) mass is 1380 g/mol. The van der Waals surface area contributed by atoms with Crippen LogP contribution in [0.15, 0.2) is 370 Å². The predicted octanol–water partition coefficient (Wildman–Crippen LogP) is 25.1. The van der Waals surface area contributed by atoms with Gasteiger partial charge in [-0.2, -0.15) is 0 Å². The van der Waals surface area contributed by atoms with E-state index >= 15 is 0 Å². The Morgan fingerprint density at radius 1 is 0.139 bits per heavy atom. The Labute approximate surface area is 618 Å². The summed E-state index contributed by atoms with van der Waals surface area (Å²) in [5.74, 6) is 0.